The van der Waals surface area contributed by atoms with E-state index in [1.807, 2.05) is 42.5 Å². The maximum atomic E-state index is 12.0. The molecule has 1 fully saturated rings. The number of piperidine rings is 1. The molecule has 1 heterocycles. The smallest absolute Gasteiger partial charge is 0.411 e. The van der Waals surface area contributed by atoms with Gasteiger partial charge in [0, 0.05) is 24.3 Å². The average Bonchev–Trinajstić information content (AvgIpc) is 2.61. The van der Waals surface area contributed by atoms with Crippen LogP contribution in [0.5, 0.6) is 0 Å². The van der Waals surface area contributed by atoms with Crippen molar-refractivity contribution in [2.75, 3.05) is 16.8 Å². The molecule has 0 atom stereocenters. The lowest BCUT2D eigenvalue weighted by Crippen LogP contribution is -2.35. The zero-order valence-corrected chi connectivity index (χ0v) is 13.4. The molecule has 124 valence electrons. The SMILES string of the molecule is O=C(Nc1cccc(N2CCCCC2=O)c1)OCc1ccccc1. The Kier molecular flexibility index (Phi) is 5.11. The van der Waals surface area contributed by atoms with Crippen LogP contribution in [0.15, 0.2) is 54.6 Å². The molecule has 24 heavy (non-hydrogen) atoms. The Hall–Kier alpha value is -2.82. The summed E-state index contributed by atoms with van der Waals surface area (Å²) in [6, 6.07) is 16.8. The molecule has 5 heteroatoms. The van der Waals surface area contributed by atoms with Gasteiger partial charge in [0.05, 0.1) is 0 Å². The van der Waals surface area contributed by atoms with E-state index in [4.69, 9.17) is 4.74 Å². The minimum Gasteiger partial charge on any atom is -0.444 e. The lowest BCUT2D eigenvalue weighted by Gasteiger charge is -2.27. The van der Waals surface area contributed by atoms with E-state index in [-0.39, 0.29) is 12.5 Å². The molecule has 0 radical (unpaired) electrons. The van der Waals surface area contributed by atoms with E-state index in [9.17, 15) is 9.59 Å². The van der Waals surface area contributed by atoms with E-state index >= 15 is 0 Å². The second kappa shape index (κ2) is 7.64. The molecule has 0 aliphatic carbocycles. The summed E-state index contributed by atoms with van der Waals surface area (Å²) in [7, 11) is 0. The Morgan fingerprint density at radius 1 is 1.08 bits per heavy atom. The number of nitrogens with zero attached hydrogens (tertiary/aromatic N) is 1. The number of carbonyl (C=O) groups is 2. The Bertz CT molecular complexity index is 716. The number of anilines is 2. The Morgan fingerprint density at radius 3 is 2.71 bits per heavy atom. The molecule has 2 aromatic carbocycles. The lowest BCUT2D eigenvalue weighted by molar-refractivity contribution is -0.119. The van der Waals surface area contributed by atoms with Gasteiger partial charge in [-0.2, -0.15) is 0 Å². The number of amides is 2. The van der Waals surface area contributed by atoms with Crippen LogP contribution in [-0.2, 0) is 16.1 Å². The van der Waals surface area contributed by atoms with Gasteiger partial charge in [0.2, 0.25) is 5.91 Å². The van der Waals surface area contributed by atoms with Crippen LogP contribution < -0.4 is 10.2 Å². The molecule has 1 saturated heterocycles. The lowest BCUT2D eigenvalue weighted by atomic mass is 10.1. The van der Waals surface area contributed by atoms with E-state index in [1.165, 1.54) is 0 Å². The predicted octanol–water partition coefficient (Wildman–Crippen LogP) is 3.95. The van der Waals surface area contributed by atoms with Crippen LogP contribution in [0, 0.1) is 0 Å². The van der Waals surface area contributed by atoms with Crippen molar-refractivity contribution < 1.29 is 14.3 Å². The Balaban J connectivity index is 1.59. The standard InChI is InChI=1S/C19H20N2O3/c22-18-11-4-5-12-21(18)17-10-6-9-16(13-17)20-19(23)24-14-15-7-2-1-3-8-15/h1-3,6-10,13H,4-5,11-12,14H2,(H,20,23). The maximum Gasteiger partial charge on any atom is 0.411 e. The summed E-state index contributed by atoms with van der Waals surface area (Å²) < 4.78 is 5.21. The van der Waals surface area contributed by atoms with Gasteiger partial charge >= 0.3 is 6.09 Å². The third kappa shape index (κ3) is 4.13. The van der Waals surface area contributed by atoms with Gasteiger partial charge in [-0.3, -0.25) is 10.1 Å². The summed E-state index contributed by atoms with van der Waals surface area (Å²) in [5, 5.41) is 2.71. The monoisotopic (exact) mass is 324 g/mol. The fourth-order valence-corrected chi connectivity index (χ4v) is 2.71. The highest BCUT2D eigenvalue weighted by atomic mass is 16.5. The first-order chi connectivity index (χ1) is 11.7. The number of rotatable bonds is 4. The largest absolute Gasteiger partial charge is 0.444 e. The number of nitrogens with one attached hydrogen (secondary N) is 1. The third-order valence-electron chi connectivity index (χ3n) is 3.94. The van der Waals surface area contributed by atoms with Crippen molar-refractivity contribution in [1.29, 1.82) is 0 Å². The third-order valence-corrected chi connectivity index (χ3v) is 3.94. The first kappa shape index (κ1) is 16.1. The van der Waals surface area contributed by atoms with E-state index in [1.54, 1.807) is 17.0 Å². The first-order valence-corrected chi connectivity index (χ1v) is 8.10. The molecule has 1 aliphatic heterocycles. The van der Waals surface area contributed by atoms with E-state index in [0.29, 0.717) is 12.1 Å². The minimum atomic E-state index is -0.513. The second-order valence-electron chi connectivity index (χ2n) is 5.74. The van der Waals surface area contributed by atoms with Gasteiger partial charge in [0.15, 0.2) is 0 Å². The van der Waals surface area contributed by atoms with Crippen molar-refractivity contribution >= 4 is 23.4 Å². The van der Waals surface area contributed by atoms with Crippen LogP contribution in [0.25, 0.3) is 0 Å². The average molecular weight is 324 g/mol. The summed E-state index contributed by atoms with van der Waals surface area (Å²) >= 11 is 0. The van der Waals surface area contributed by atoms with E-state index in [0.717, 1.165) is 30.6 Å². The van der Waals surface area contributed by atoms with Gasteiger partial charge < -0.3 is 9.64 Å². The minimum absolute atomic E-state index is 0.130. The van der Waals surface area contributed by atoms with Gasteiger partial charge in [-0.1, -0.05) is 36.4 Å². The molecule has 0 spiro atoms. The van der Waals surface area contributed by atoms with Crippen LogP contribution in [-0.4, -0.2) is 18.5 Å². The predicted molar refractivity (Wildman–Crippen MR) is 92.9 cm³/mol. The van der Waals surface area contributed by atoms with Crippen molar-refractivity contribution in [2.24, 2.45) is 0 Å². The van der Waals surface area contributed by atoms with Crippen molar-refractivity contribution in [2.45, 2.75) is 25.9 Å². The second-order valence-corrected chi connectivity index (χ2v) is 5.74. The van der Waals surface area contributed by atoms with Crippen molar-refractivity contribution in [3.63, 3.8) is 0 Å². The van der Waals surface area contributed by atoms with Gasteiger partial charge in [0.1, 0.15) is 6.61 Å². The van der Waals surface area contributed by atoms with E-state index in [2.05, 4.69) is 5.32 Å². The molecule has 0 unspecified atom stereocenters. The van der Waals surface area contributed by atoms with Crippen LogP contribution in [0.3, 0.4) is 0 Å². The van der Waals surface area contributed by atoms with Crippen molar-refractivity contribution in [3.05, 3.63) is 60.2 Å². The van der Waals surface area contributed by atoms with Gasteiger partial charge in [-0.05, 0) is 36.6 Å². The molecule has 2 aromatic rings. The maximum absolute atomic E-state index is 12.0. The molecule has 1 aliphatic rings. The van der Waals surface area contributed by atoms with E-state index < -0.39 is 6.09 Å². The quantitative estimate of drug-likeness (QED) is 0.926. The zero-order valence-electron chi connectivity index (χ0n) is 13.4. The molecular formula is C19H20N2O3. The summed E-state index contributed by atoms with van der Waals surface area (Å²) in [5.41, 5.74) is 2.35. The molecule has 1 N–H and O–H groups in total. The number of hydrogen-bond donors (Lipinski definition) is 1. The summed E-state index contributed by atoms with van der Waals surface area (Å²) in [6.45, 7) is 0.942. The Morgan fingerprint density at radius 2 is 1.92 bits per heavy atom. The number of ether oxygens (including phenoxy) is 1. The van der Waals surface area contributed by atoms with Crippen molar-refractivity contribution in [3.8, 4) is 0 Å². The van der Waals surface area contributed by atoms with Crippen LogP contribution in [0.1, 0.15) is 24.8 Å². The molecule has 2 amide bonds. The summed E-state index contributed by atoms with van der Waals surface area (Å²) in [5.74, 6) is 0.130. The molecule has 3 rings (SSSR count). The zero-order chi connectivity index (χ0) is 16.8. The molecule has 0 bridgehead atoms. The number of carbonyl (C=O) groups excluding carboxylic acids is 2. The fourth-order valence-electron chi connectivity index (χ4n) is 2.71. The normalized spacial score (nSPS) is 14.3. The van der Waals surface area contributed by atoms with Crippen LogP contribution >= 0.6 is 0 Å². The number of benzene rings is 2. The molecule has 0 aromatic heterocycles. The highest BCUT2D eigenvalue weighted by Gasteiger charge is 2.19. The van der Waals surface area contributed by atoms with Gasteiger partial charge in [-0.25, -0.2) is 4.79 Å². The molecule has 5 nitrogen and oxygen atoms in total. The Labute approximate surface area is 141 Å². The van der Waals surface area contributed by atoms with Gasteiger partial charge in [-0.15, -0.1) is 0 Å². The number of hydrogen-bond acceptors (Lipinski definition) is 3. The first-order valence-electron chi connectivity index (χ1n) is 8.10. The van der Waals surface area contributed by atoms with Crippen molar-refractivity contribution in [1.82, 2.24) is 0 Å². The fraction of sp³-hybridized carbons (Fsp3) is 0.263. The molecular weight excluding hydrogens is 304 g/mol. The summed E-state index contributed by atoms with van der Waals surface area (Å²) in [4.78, 5) is 25.7. The topological polar surface area (TPSA) is 58.6 Å². The highest BCUT2D eigenvalue weighted by molar-refractivity contribution is 5.95. The molecule has 0 saturated carbocycles. The van der Waals surface area contributed by atoms with Crippen LogP contribution in [0.4, 0.5) is 16.2 Å². The highest BCUT2D eigenvalue weighted by Crippen LogP contribution is 2.24. The van der Waals surface area contributed by atoms with Gasteiger partial charge in [0.25, 0.3) is 0 Å². The van der Waals surface area contributed by atoms with Crippen LogP contribution in [0.2, 0.25) is 0 Å². The summed E-state index contributed by atoms with van der Waals surface area (Å²) in [6.07, 6.45) is 2.01.